The summed E-state index contributed by atoms with van der Waals surface area (Å²) in [7, 11) is 0. The molecule has 0 atom stereocenters. The third-order valence-electron chi connectivity index (χ3n) is 3.19. The van der Waals surface area contributed by atoms with Gasteiger partial charge < -0.3 is 4.57 Å². The highest BCUT2D eigenvalue weighted by molar-refractivity contribution is 6.16. The number of halogens is 1. The maximum atomic E-state index is 5.84. The minimum atomic E-state index is 0.423. The van der Waals surface area contributed by atoms with Crippen molar-refractivity contribution >= 4 is 11.6 Å². The number of hydrogen-bond donors (Lipinski definition) is 0. The molecule has 0 aliphatic heterocycles. The van der Waals surface area contributed by atoms with Gasteiger partial charge in [0.25, 0.3) is 0 Å². The zero-order chi connectivity index (χ0) is 11.0. The van der Waals surface area contributed by atoms with Crippen molar-refractivity contribution in [2.45, 2.75) is 24.8 Å². The molecule has 1 aliphatic rings. The van der Waals surface area contributed by atoms with Gasteiger partial charge in [-0.1, -0.05) is 24.3 Å². The molecule has 0 bridgehead atoms. The summed E-state index contributed by atoms with van der Waals surface area (Å²) >= 11 is 5.84. The Morgan fingerprint density at radius 2 is 1.94 bits per heavy atom. The Hall–Kier alpha value is -1.35. The van der Waals surface area contributed by atoms with Crippen LogP contribution in [0.25, 0.3) is 0 Å². The lowest BCUT2D eigenvalue weighted by atomic mass is 10.1. The van der Waals surface area contributed by atoms with Crippen molar-refractivity contribution in [2.75, 3.05) is 0 Å². The first-order chi connectivity index (χ1) is 7.88. The number of fused-ring (bicyclic) bond motifs is 1. The van der Waals surface area contributed by atoms with Crippen LogP contribution in [-0.4, -0.2) is 14.8 Å². The van der Waals surface area contributed by atoms with E-state index in [0.29, 0.717) is 11.9 Å². The first-order valence-electron chi connectivity index (χ1n) is 5.39. The monoisotopic (exact) mass is 233 g/mol. The third kappa shape index (κ3) is 1.52. The molecule has 1 aliphatic carbocycles. The molecule has 0 spiro atoms. The van der Waals surface area contributed by atoms with E-state index in [4.69, 9.17) is 11.6 Å². The van der Waals surface area contributed by atoms with E-state index in [0.717, 1.165) is 18.7 Å². The number of alkyl halides is 1. The van der Waals surface area contributed by atoms with Crippen LogP contribution in [0.5, 0.6) is 0 Å². The maximum Gasteiger partial charge on any atom is 0.148 e. The fraction of sp³-hybridized carbons (Fsp3) is 0.333. The third-order valence-corrected chi connectivity index (χ3v) is 3.43. The Bertz CT molecular complexity index is 481. The van der Waals surface area contributed by atoms with Gasteiger partial charge in [0.05, 0.1) is 5.88 Å². The number of benzene rings is 1. The summed E-state index contributed by atoms with van der Waals surface area (Å²) < 4.78 is 2.10. The molecule has 0 fully saturated rings. The highest BCUT2D eigenvalue weighted by Gasteiger charge is 2.23. The van der Waals surface area contributed by atoms with Gasteiger partial charge in [-0.3, -0.25) is 0 Å². The second kappa shape index (κ2) is 3.91. The molecule has 1 aromatic heterocycles. The Balaban J connectivity index is 1.91. The maximum absolute atomic E-state index is 5.84. The predicted octanol–water partition coefficient (Wildman–Crippen LogP) is 2.36. The van der Waals surface area contributed by atoms with Crippen molar-refractivity contribution in [3.63, 3.8) is 0 Å². The van der Waals surface area contributed by atoms with Gasteiger partial charge in [-0.2, -0.15) is 0 Å². The zero-order valence-corrected chi connectivity index (χ0v) is 9.56. The topological polar surface area (TPSA) is 30.7 Å². The molecule has 1 aromatic carbocycles. The van der Waals surface area contributed by atoms with Crippen LogP contribution < -0.4 is 0 Å². The first-order valence-corrected chi connectivity index (χ1v) is 5.93. The second-order valence-corrected chi connectivity index (χ2v) is 4.39. The zero-order valence-electron chi connectivity index (χ0n) is 8.81. The Morgan fingerprint density at radius 1 is 1.25 bits per heavy atom. The summed E-state index contributed by atoms with van der Waals surface area (Å²) in [4.78, 5) is 0. The summed E-state index contributed by atoms with van der Waals surface area (Å²) in [5.41, 5.74) is 2.86. The van der Waals surface area contributed by atoms with Crippen LogP contribution in [0.1, 0.15) is 23.0 Å². The standard InChI is InChI=1S/C12H12ClN3/c13-7-12-15-14-8-16(12)11-5-9-3-1-2-4-10(9)6-11/h1-4,8,11H,5-7H2. The average molecular weight is 234 g/mol. The lowest BCUT2D eigenvalue weighted by molar-refractivity contribution is 0.513. The molecule has 3 nitrogen and oxygen atoms in total. The van der Waals surface area contributed by atoms with E-state index in [2.05, 4.69) is 39.0 Å². The van der Waals surface area contributed by atoms with Gasteiger partial charge >= 0.3 is 0 Å². The Morgan fingerprint density at radius 3 is 2.56 bits per heavy atom. The van der Waals surface area contributed by atoms with Crippen LogP contribution in [0.3, 0.4) is 0 Å². The number of aromatic nitrogens is 3. The van der Waals surface area contributed by atoms with Crippen molar-refractivity contribution in [1.29, 1.82) is 0 Å². The molecule has 1 heterocycles. The second-order valence-electron chi connectivity index (χ2n) is 4.12. The fourth-order valence-electron chi connectivity index (χ4n) is 2.40. The summed E-state index contributed by atoms with van der Waals surface area (Å²) in [6.45, 7) is 0. The summed E-state index contributed by atoms with van der Waals surface area (Å²) in [6, 6.07) is 9.01. The molecule has 2 aromatic rings. The molecule has 82 valence electrons. The van der Waals surface area contributed by atoms with Gasteiger partial charge in [0.15, 0.2) is 0 Å². The molecule has 4 heteroatoms. The van der Waals surface area contributed by atoms with Crippen molar-refractivity contribution in [3.05, 3.63) is 47.5 Å². The van der Waals surface area contributed by atoms with Crippen LogP contribution >= 0.6 is 11.6 Å². The molecule has 0 unspecified atom stereocenters. The van der Waals surface area contributed by atoms with Gasteiger partial charge in [-0.15, -0.1) is 21.8 Å². The first kappa shape index (κ1) is 9.85. The van der Waals surface area contributed by atoms with Crippen LogP contribution in [-0.2, 0) is 18.7 Å². The van der Waals surface area contributed by atoms with Gasteiger partial charge in [0.2, 0.25) is 0 Å². The average Bonchev–Trinajstić information content (AvgIpc) is 2.94. The Labute approximate surface area is 99.1 Å². The van der Waals surface area contributed by atoms with Gasteiger partial charge in [0.1, 0.15) is 12.2 Å². The SMILES string of the molecule is ClCc1nncn1C1Cc2ccccc2C1. The van der Waals surface area contributed by atoms with Crippen LogP contribution in [0.2, 0.25) is 0 Å². The number of nitrogens with zero attached hydrogens (tertiary/aromatic N) is 3. The van der Waals surface area contributed by atoms with E-state index in [1.165, 1.54) is 11.1 Å². The molecule has 0 amide bonds. The highest BCUT2D eigenvalue weighted by Crippen LogP contribution is 2.30. The summed E-state index contributed by atoms with van der Waals surface area (Å²) in [5, 5.41) is 7.95. The van der Waals surface area contributed by atoms with Gasteiger partial charge in [-0.05, 0) is 24.0 Å². The van der Waals surface area contributed by atoms with E-state index >= 15 is 0 Å². The molecule has 0 saturated heterocycles. The van der Waals surface area contributed by atoms with Gasteiger partial charge in [0, 0.05) is 6.04 Å². The van der Waals surface area contributed by atoms with E-state index in [1.807, 2.05) is 0 Å². The van der Waals surface area contributed by atoms with E-state index in [9.17, 15) is 0 Å². The fourth-order valence-corrected chi connectivity index (χ4v) is 2.59. The van der Waals surface area contributed by atoms with Crippen LogP contribution in [0.15, 0.2) is 30.6 Å². The normalized spacial score (nSPS) is 15.3. The largest absolute Gasteiger partial charge is 0.313 e. The minimum Gasteiger partial charge on any atom is -0.313 e. The molecule has 0 radical (unpaired) electrons. The number of rotatable bonds is 2. The van der Waals surface area contributed by atoms with Crippen LogP contribution in [0.4, 0.5) is 0 Å². The van der Waals surface area contributed by atoms with Crippen LogP contribution in [0, 0.1) is 0 Å². The molecular weight excluding hydrogens is 222 g/mol. The van der Waals surface area contributed by atoms with Crippen molar-refractivity contribution in [2.24, 2.45) is 0 Å². The lowest BCUT2D eigenvalue weighted by Crippen LogP contribution is -2.10. The minimum absolute atomic E-state index is 0.423. The predicted molar refractivity (Wildman–Crippen MR) is 62.5 cm³/mol. The molecular formula is C12H12ClN3. The number of hydrogen-bond acceptors (Lipinski definition) is 2. The lowest BCUT2D eigenvalue weighted by Gasteiger charge is -2.12. The van der Waals surface area contributed by atoms with Crippen molar-refractivity contribution in [3.8, 4) is 0 Å². The quantitative estimate of drug-likeness (QED) is 0.746. The molecule has 16 heavy (non-hydrogen) atoms. The van der Waals surface area contributed by atoms with Gasteiger partial charge in [-0.25, -0.2) is 0 Å². The molecule has 0 N–H and O–H groups in total. The smallest absolute Gasteiger partial charge is 0.148 e. The summed E-state index contributed by atoms with van der Waals surface area (Å²) in [6.07, 6.45) is 3.89. The molecule has 3 rings (SSSR count). The Kier molecular flexibility index (Phi) is 2.40. The van der Waals surface area contributed by atoms with Crippen molar-refractivity contribution in [1.82, 2.24) is 14.8 Å². The molecule has 0 saturated carbocycles. The van der Waals surface area contributed by atoms with E-state index < -0.39 is 0 Å². The van der Waals surface area contributed by atoms with Crippen molar-refractivity contribution < 1.29 is 0 Å². The summed E-state index contributed by atoms with van der Waals surface area (Å²) in [5.74, 6) is 1.28. The highest BCUT2D eigenvalue weighted by atomic mass is 35.5. The van der Waals surface area contributed by atoms with E-state index in [1.54, 1.807) is 6.33 Å². The van der Waals surface area contributed by atoms with E-state index in [-0.39, 0.29) is 0 Å².